The van der Waals surface area contributed by atoms with Crippen LogP contribution in [-0.4, -0.2) is 29.0 Å². The normalized spacial score (nSPS) is 15.3. The molecule has 126 valence electrons. The lowest BCUT2D eigenvalue weighted by atomic mass is 9.96. The molecule has 1 aliphatic rings. The van der Waals surface area contributed by atoms with Gasteiger partial charge in [0, 0.05) is 36.6 Å². The number of nitrogens with one attached hydrogen (secondary N) is 1. The molecule has 24 heavy (non-hydrogen) atoms. The van der Waals surface area contributed by atoms with Crippen LogP contribution in [0.2, 0.25) is 0 Å². The van der Waals surface area contributed by atoms with Crippen molar-refractivity contribution in [3.8, 4) is 0 Å². The maximum Gasteiger partial charge on any atom is 0.227 e. The van der Waals surface area contributed by atoms with Crippen molar-refractivity contribution < 1.29 is 4.79 Å². The van der Waals surface area contributed by atoms with Crippen LogP contribution in [0.15, 0.2) is 36.5 Å². The zero-order valence-corrected chi connectivity index (χ0v) is 14.3. The summed E-state index contributed by atoms with van der Waals surface area (Å²) in [5.74, 6) is 0.935. The fourth-order valence-electron chi connectivity index (χ4n) is 3.00. The maximum absolute atomic E-state index is 12.5. The van der Waals surface area contributed by atoms with E-state index in [-0.39, 0.29) is 11.8 Å². The van der Waals surface area contributed by atoms with Crippen molar-refractivity contribution >= 4 is 17.5 Å². The minimum absolute atomic E-state index is 0.0527. The van der Waals surface area contributed by atoms with Gasteiger partial charge in [-0.15, -0.1) is 0 Å². The number of piperidine rings is 1. The third kappa shape index (κ3) is 3.91. The Morgan fingerprint density at radius 1 is 1.21 bits per heavy atom. The lowest BCUT2D eigenvalue weighted by Crippen LogP contribution is -2.39. The van der Waals surface area contributed by atoms with Crippen LogP contribution in [0, 0.1) is 12.8 Å². The predicted octanol–water partition coefficient (Wildman–Crippen LogP) is 3.20. The summed E-state index contributed by atoms with van der Waals surface area (Å²) in [6.07, 6.45) is 4.45. The molecule has 0 saturated carbocycles. The minimum Gasteiger partial charge on any atom is -0.341 e. The molecule has 2 heterocycles. The van der Waals surface area contributed by atoms with Crippen LogP contribution in [-0.2, 0) is 11.2 Å². The molecule has 0 radical (unpaired) electrons. The number of carbonyl (C=O) groups is 1. The second-order valence-corrected chi connectivity index (χ2v) is 6.30. The number of hydrogen-bond donors (Lipinski definition) is 1. The summed E-state index contributed by atoms with van der Waals surface area (Å²) in [7, 11) is 0. The van der Waals surface area contributed by atoms with Crippen LogP contribution < -0.4 is 10.2 Å². The van der Waals surface area contributed by atoms with Crippen molar-refractivity contribution in [3.05, 3.63) is 47.8 Å². The molecule has 1 aliphatic heterocycles. The van der Waals surface area contributed by atoms with Gasteiger partial charge in [-0.2, -0.15) is 0 Å². The number of carbonyl (C=O) groups excluding carboxylic acids is 1. The van der Waals surface area contributed by atoms with Crippen LogP contribution in [0.5, 0.6) is 0 Å². The molecule has 5 nitrogen and oxygen atoms in total. The third-order valence-corrected chi connectivity index (χ3v) is 4.56. The topological polar surface area (TPSA) is 58.1 Å². The molecule has 1 aromatic heterocycles. The summed E-state index contributed by atoms with van der Waals surface area (Å²) in [4.78, 5) is 23.4. The van der Waals surface area contributed by atoms with E-state index < -0.39 is 0 Å². The number of nitrogens with zero attached hydrogens (tertiary/aromatic N) is 3. The second-order valence-electron chi connectivity index (χ2n) is 6.30. The first-order valence-electron chi connectivity index (χ1n) is 8.60. The quantitative estimate of drug-likeness (QED) is 0.938. The van der Waals surface area contributed by atoms with E-state index in [2.05, 4.69) is 39.2 Å². The number of amides is 1. The number of hydrogen-bond acceptors (Lipinski definition) is 4. The standard InChI is InChI=1S/C19H24N4O/c1-3-15-4-6-17(7-5-15)22-18(24)16-9-12-23(13-10-16)19-20-11-8-14(2)21-19/h4-8,11,16H,3,9-10,12-13H2,1-2H3,(H,22,24). The summed E-state index contributed by atoms with van der Waals surface area (Å²) in [5.41, 5.74) is 3.12. The molecule has 0 spiro atoms. The average molecular weight is 324 g/mol. The van der Waals surface area contributed by atoms with Crippen LogP contribution >= 0.6 is 0 Å². The van der Waals surface area contributed by atoms with Gasteiger partial charge in [0.2, 0.25) is 11.9 Å². The molecule has 0 unspecified atom stereocenters. The van der Waals surface area contributed by atoms with E-state index in [0.717, 1.165) is 49.7 Å². The van der Waals surface area contributed by atoms with Crippen LogP contribution in [0.3, 0.4) is 0 Å². The van der Waals surface area contributed by atoms with Crippen LogP contribution in [0.1, 0.15) is 31.0 Å². The fraction of sp³-hybridized carbons (Fsp3) is 0.421. The van der Waals surface area contributed by atoms with Crippen LogP contribution in [0.4, 0.5) is 11.6 Å². The molecule has 3 rings (SSSR count). The monoisotopic (exact) mass is 324 g/mol. The highest BCUT2D eigenvalue weighted by Crippen LogP contribution is 2.22. The van der Waals surface area contributed by atoms with Crippen molar-refractivity contribution in [2.24, 2.45) is 5.92 Å². The Morgan fingerprint density at radius 3 is 2.54 bits per heavy atom. The first-order chi connectivity index (χ1) is 11.7. The molecule has 1 N–H and O–H groups in total. The molecule has 0 aliphatic carbocycles. The summed E-state index contributed by atoms with van der Waals surface area (Å²) in [5, 5.41) is 3.04. The van der Waals surface area contributed by atoms with Crippen LogP contribution in [0.25, 0.3) is 0 Å². The summed E-state index contributed by atoms with van der Waals surface area (Å²) in [6.45, 7) is 5.72. The van der Waals surface area contributed by atoms with Gasteiger partial charge in [0.1, 0.15) is 0 Å². The molecule has 1 amide bonds. The summed E-state index contributed by atoms with van der Waals surface area (Å²) < 4.78 is 0. The molecular formula is C19H24N4O. The van der Waals surface area contributed by atoms with Gasteiger partial charge in [-0.1, -0.05) is 19.1 Å². The minimum atomic E-state index is 0.0527. The Hall–Kier alpha value is -2.43. The van der Waals surface area contributed by atoms with Gasteiger partial charge in [-0.05, 0) is 49.9 Å². The highest BCUT2D eigenvalue weighted by atomic mass is 16.1. The van der Waals surface area contributed by atoms with Gasteiger partial charge in [-0.3, -0.25) is 4.79 Å². The van der Waals surface area contributed by atoms with E-state index in [9.17, 15) is 4.79 Å². The number of aromatic nitrogens is 2. The smallest absolute Gasteiger partial charge is 0.227 e. The van der Waals surface area contributed by atoms with Crippen molar-refractivity contribution in [2.45, 2.75) is 33.1 Å². The second kappa shape index (κ2) is 7.43. The van der Waals surface area contributed by atoms with Gasteiger partial charge in [0.25, 0.3) is 0 Å². The van der Waals surface area contributed by atoms with E-state index in [4.69, 9.17) is 0 Å². The van der Waals surface area contributed by atoms with E-state index in [1.54, 1.807) is 6.20 Å². The van der Waals surface area contributed by atoms with E-state index >= 15 is 0 Å². The third-order valence-electron chi connectivity index (χ3n) is 4.56. The summed E-state index contributed by atoms with van der Waals surface area (Å²) in [6, 6.07) is 9.98. The van der Waals surface area contributed by atoms with Gasteiger partial charge < -0.3 is 10.2 Å². The molecule has 0 atom stereocenters. The van der Waals surface area contributed by atoms with Gasteiger partial charge in [0.15, 0.2) is 0 Å². The number of aryl methyl sites for hydroxylation is 2. The Morgan fingerprint density at radius 2 is 1.92 bits per heavy atom. The molecule has 1 aromatic carbocycles. The molecule has 2 aromatic rings. The number of benzene rings is 1. The molecule has 1 fully saturated rings. The fourth-order valence-corrected chi connectivity index (χ4v) is 3.00. The lowest BCUT2D eigenvalue weighted by molar-refractivity contribution is -0.120. The summed E-state index contributed by atoms with van der Waals surface area (Å²) >= 11 is 0. The SMILES string of the molecule is CCc1ccc(NC(=O)C2CCN(c3nccc(C)n3)CC2)cc1. The van der Waals surface area contributed by atoms with Gasteiger partial charge >= 0.3 is 0 Å². The predicted molar refractivity (Wildman–Crippen MR) is 96.2 cm³/mol. The Labute approximate surface area is 143 Å². The Balaban J connectivity index is 1.54. The van der Waals surface area contributed by atoms with Crippen molar-refractivity contribution in [2.75, 3.05) is 23.3 Å². The zero-order chi connectivity index (χ0) is 16.9. The lowest BCUT2D eigenvalue weighted by Gasteiger charge is -2.31. The molecular weight excluding hydrogens is 300 g/mol. The van der Waals surface area contributed by atoms with Gasteiger partial charge in [-0.25, -0.2) is 9.97 Å². The molecule has 1 saturated heterocycles. The van der Waals surface area contributed by atoms with Crippen molar-refractivity contribution in [3.63, 3.8) is 0 Å². The van der Waals surface area contributed by atoms with E-state index in [1.807, 2.05) is 25.1 Å². The van der Waals surface area contributed by atoms with E-state index in [1.165, 1.54) is 5.56 Å². The average Bonchev–Trinajstić information content (AvgIpc) is 2.62. The van der Waals surface area contributed by atoms with Gasteiger partial charge in [0.05, 0.1) is 0 Å². The molecule has 0 bridgehead atoms. The molecule has 5 heteroatoms. The first kappa shape index (κ1) is 16.4. The Bertz CT molecular complexity index is 691. The maximum atomic E-state index is 12.5. The first-order valence-corrected chi connectivity index (χ1v) is 8.60. The highest BCUT2D eigenvalue weighted by molar-refractivity contribution is 5.92. The zero-order valence-electron chi connectivity index (χ0n) is 14.3. The van der Waals surface area contributed by atoms with Crippen molar-refractivity contribution in [1.82, 2.24) is 9.97 Å². The Kier molecular flexibility index (Phi) is 5.08. The van der Waals surface area contributed by atoms with Crippen molar-refractivity contribution in [1.29, 1.82) is 0 Å². The number of anilines is 2. The number of rotatable bonds is 4. The van der Waals surface area contributed by atoms with E-state index in [0.29, 0.717) is 0 Å². The highest BCUT2D eigenvalue weighted by Gasteiger charge is 2.26. The largest absolute Gasteiger partial charge is 0.341 e.